The minimum absolute atomic E-state index is 0.0956. The van der Waals surface area contributed by atoms with Crippen molar-refractivity contribution in [3.8, 4) is 5.75 Å². The van der Waals surface area contributed by atoms with Gasteiger partial charge in [0, 0.05) is 23.0 Å². The van der Waals surface area contributed by atoms with Crippen molar-refractivity contribution >= 4 is 16.9 Å². The Labute approximate surface area is 170 Å². The molecule has 0 aliphatic rings. The SMILES string of the molecule is COC(=O)C[C@H](c1ccccc1)c1c[nH]c2ccc(OCc3ccccc3)cc12. The Hall–Kier alpha value is -3.53. The van der Waals surface area contributed by atoms with E-state index in [0.29, 0.717) is 6.61 Å². The van der Waals surface area contributed by atoms with Gasteiger partial charge in [-0.25, -0.2) is 0 Å². The molecule has 1 aromatic heterocycles. The second-order valence-corrected chi connectivity index (χ2v) is 6.97. The van der Waals surface area contributed by atoms with Crippen LogP contribution in [0.15, 0.2) is 85.1 Å². The summed E-state index contributed by atoms with van der Waals surface area (Å²) in [4.78, 5) is 15.4. The average molecular weight is 385 g/mol. The highest BCUT2D eigenvalue weighted by Crippen LogP contribution is 2.35. The van der Waals surface area contributed by atoms with Gasteiger partial charge >= 0.3 is 5.97 Å². The summed E-state index contributed by atoms with van der Waals surface area (Å²) in [5, 5.41) is 1.05. The Kier molecular flexibility index (Phi) is 5.61. The number of rotatable bonds is 7. The first kappa shape index (κ1) is 18.8. The molecule has 3 aromatic carbocycles. The molecule has 0 radical (unpaired) electrons. The Balaban J connectivity index is 1.67. The van der Waals surface area contributed by atoms with Crippen molar-refractivity contribution in [3.63, 3.8) is 0 Å². The van der Waals surface area contributed by atoms with E-state index >= 15 is 0 Å². The summed E-state index contributed by atoms with van der Waals surface area (Å²) in [7, 11) is 1.43. The van der Waals surface area contributed by atoms with Crippen molar-refractivity contribution in [3.05, 3.63) is 102 Å². The molecule has 0 saturated heterocycles. The lowest BCUT2D eigenvalue weighted by atomic mass is 9.88. The van der Waals surface area contributed by atoms with Gasteiger partial charge in [-0.1, -0.05) is 60.7 Å². The number of aromatic nitrogens is 1. The first-order chi connectivity index (χ1) is 14.2. The lowest BCUT2D eigenvalue weighted by Crippen LogP contribution is -2.09. The number of fused-ring (bicyclic) bond motifs is 1. The van der Waals surface area contributed by atoms with Gasteiger partial charge in [0.2, 0.25) is 0 Å². The summed E-state index contributed by atoms with van der Waals surface area (Å²) in [6.07, 6.45) is 2.26. The van der Waals surface area contributed by atoms with Crippen LogP contribution < -0.4 is 4.74 Å². The van der Waals surface area contributed by atoms with Crippen molar-refractivity contribution in [2.75, 3.05) is 7.11 Å². The zero-order chi connectivity index (χ0) is 20.1. The quantitative estimate of drug-likeness (QED) is 0.431. The fourth-order valence-electron chi connectivity index (χ4n) is 3.58. The molecule has 1 heterocycles. The Bertz CT molecular complexity index is 1090. The van der Waals surface area contributed by atoms with Crippen LogP contribution in [0.25, 0.3) is 10.9 Å². The van der Waals surface area contributed by atoms with E-state index in [1.807, 2.05) is 85.1 Å². The van der Waals surface area contributed by atoms with Crippen molar-refractivity contribution in [2.24, 2.45) is 0 Å². The molecule has 1 N–H and O–H groups in total. The third-order valence-corrected chi connectivity index (χ3v) is 5.11. The molecule has 0 aliphatic heterocycles. The molecule has 0 amide bonds. The van der Waals surface area contributed by atoms with Gasteiger partial charge in [0.15, 0.2) is 0 Å². The Morgan fingerprint density at radius 2 is 1.69 bits per heavy atom. The van der Waals surface area contributed by atoms with Gasteiger partial charge in [-0.3, -0.25) is 4.79 Å². The fraction of sp³-hybridized carbons (Fsp3) is 0.160. The molecule has 0 saturated carbocycles. The zero-order valence-corrected chi connectivity index (χ0v) is 16.3. The third-order valence-electron chi connectivity index (χ3n) is 5.11. The molecule has 4 heteroatoms. The lowest BCUT2D eigenvalue weighted by Gasteiger charge is -2.16. The predicted octanol–water partition coefficient (Wildman–Crippen LogP) is 5.44. The fourth-order valence-corrected chi connectivity index (χ4v) is 3.58. The number of nitrogens with one attached hydrogen (secondary N) is 1. The van der Waals surface area contributed by atoms with E-state index in [9.17, 15) is 4.79 Å². The first-order valence-corrected chi connectivity index (χ1v) is 9.64. The summed E-state index contributed by atoms with van der Waals surface area (Å²) < 4.78 is 11.0. The molecular weight excluding hydrogens is 362 g/mol. The average Bonchev–Trinajstić information content (AvgIpc) is 3.20. The van der Waals surface area contributed by atoms with Crippen molar-refractivity contribution in [1.29, 1.82) is 0 Å². The number of esters is 1. The number of hydrogen-bond acceptors (Lipinski definition) is 3. The Morgan fingerprint density at radius 3 is 2.41 bits per heavy atom. The number of methoxy groups -OCH3 is 1. The smallest absolute Gasteiger partial charge is 0.306 e. The van der Waals surface area contributed by atoms with Crippen LogP contribution in [0, 0.1) is 0 Å². The predicted molar refractivity (Wildman–Crippen MR) is 114 cm³/mol. The van der Waals surface area contributed by atoms with Crippen LogP contribution in [0.4, 0.5) is 0 Å². The molecule has 0 fully saturated rings. The molecule has 146 valence electrons. The van der Waals surface area contributed by atoms with Gasteiger partial charge in [0.1, 0.15) is 12.4 Å². The van der Waals surface area contributed by atoms with E-state index < -0.39 is 0 Å². The largest absolute Gasteiger partial charge is 0.489 e. The standard InChI is InChI=1S/C25H23NO3/c1-28-25(27)15-21(19-10-6-3-7-11-19)23-16-26-24-13-12-20(14-22(23)24)29-17-18-8-4-2-5-9-18/h2-14,16,21,26H,15,17H2,1H3/t21-/m1/s1. The highest BCUT2D eigenvalue weighted by molar-refractivity contribution is 5.86. The number of hydrogen-bond donors (Lipinski definition) is 1. The highest BCUT2D eigenvalue weighted by atomic mass is 16.5. The minimum atomic E-state index is -0.232. The van der Waals surface area contributed by atoms with E-state index in [4.69, 9.17) is 9.47 Å². The Morgan fingerprint density at radius 1 is 0.966 bits per heavy atom. The van der Waals surface area contributed by atoms with Crippen LogP contribution in [-0.2, 0) is 16.1 Å². The summed E-state index contributed by atoms with van der Waals surface area (Å²) >= 11 is 0. The van der Waals surface area contributed by atoms with Crippen molar-refractivity contribution < 1.29 is 14.3 Å². The molecule has 0 bridgehead atoms. The van der Waals surface area contributed by atoms with E-state index in [2.05, 4.69) is 4.98 Å². The number of benzene rings is 3. The second-order valence-electron chi connectivity index (χ2n) is 6.97. The monoisotopic (exact) mass is 385 g/mol. The molecule has 4 nitrogen and oxygen atoms in total. The topological polar surface area (TPSA) is 51.3 Å². The van der Waals surface area contributed by atoms with Crippen molar-refractivity contribution in [2.45, 2.75) is 18.9 Å². The maximum Gasteiger partial charge on any atom is 0.306 e. The summed E-state index contributed by atoms with van der Waals surface area (Å²) in [6.45, 7) is 0.510. The number of H-pyrrole nitrogens is 1. The third kappa shape index (κ3) is 4.32. The second kappa shape index (κ2) is 8.65. The molecule has 29 heavy (non-hydrogen) atoms. The van der Waals surface area contributed by atoms with Gasteiger partial charge in [0.05, 0.1) is 13.5 Å². The summed E-state index contributed by atoms with van der Waals surface area (Å²) in [5.74, 6) is 0.471. The molecule has 1 atom stereocenters. The van der Waals surface area contributed by atoms with E-state index in [-0.39, 0.29) is 18.3 Å². The van der Waals surface area contributed by atoms with Crippen LogP contribution in [-0.4, -0.2) is 18.1 Å². The molecular formula is C25H23NO3. The van der Waals surface area contributed by atoms with E-state index in [1.165, 1.54) is 7.11 Å². The van der Waals surface area contributed by atoms with Gasteiger partial charge < -0.3 is 14.5 Å². The van der Waals surface area contributed by atoms with Crippen LogP contribution in [0.3, 0.4) is 0 Å². The zero-order valence-electron chi connectivity index (χ0n) is 16.3. The minimum Gasteiger partial charge on any atom is -0.489 e. The maximum atomic E-state index is 12.1. The van der Waals surface area contributed by atoms with Crippen LogP contribution >= 0.6 is 0 Å². The highest BCUT2D eigenvalue weighted by Gasteiger charge is 2.22. The van der Waals surface area contributed by atoms with Gasteiger partial charge in [0.25, 0.3) is 0 Å². The van der Waals surface area contributed by atoms with Crippen LogP contribution in [0.2, 0.25) is 0 Å². The summed E-state index contributed by atoms with van der Waals surface area (Å²) in [5.41, 5.74) is 4.27. The lowest BCUT2D eigenvalue weighted by molar-refractivity contribution is -0.140. The molecule has 4 rings (SSSR count). The molecule has 4 aromatic rings. The van der Waals surface area contributed by atoms with Crippen LogP contribution in [0.5, 0.6) is 5.75 Å². The van der Waals surface area contributed by atoms with Gasteiger partial charge in [-0.05, 0) is 34.9 Å². The van der Waals surface area contributed by atoms with Gasteiger partial charge in [-0.2, -0.15) is 0 Å². The number of carbonyl (C=O) groups excluding carboxylic acids is 1. The normalized spacial score (nSPS) is 11.9. The molecule has 0 spiro atoms. The van der Waals surface area contributed by atoms with Gasteiger partial charge in [-0.15, -0.1) is 0 Å². The number of aromatic amines is 1. The maximum absolute atomic E-state index is 12.1. The van der Waals surface area contributed by atoms with E-state index in [1.54, 1.807) is 0 Å². The van der Waals surface area contributed by atoms with Crippen LogP contribution in [0.1, 0.15) is 29.0 Å². The summed E-state index contributed by atoms with van der Waals surface area (Å²) in [6, 6.07) is 26.1. The number of ether oxygens (including phenoxy) is 2. The first-order valence-electron chi connectivity index (χ1n) is 9.64. The van der Waals surface area contributed by atoms with E-state index in [0.717, 1.165) is 33.3 Å². The molecule has 0 unspecified atom stereocenters. The molecule has 0 aliphatic carbocycles. The number of carbonyl (C=O) groups is 1. The van der Waals surface area contributed by atoms with Crippen molar-refractivity contribution in [1.82, 2.24) is 4.98 Å².